The van der Waals surface area contributed by atoms with E-state index in [1.165, 1.54) is 0 Å². The molecule has 0 aromatic rings. The van der Waals surface area contributed by atoms with E-state index in [0.29, 0.717) is 19.3 Å². The van der Waals surface area contributed by atoms with Crippen molar-refractivity contribution in [2.75, 3.05) is 0 Å². The molecule has 0 aliphatic heterocycles. The number of hydrogen-bond acceptors (Lipinski definition) is 1. The Bertz CT molecular complexity index is 858. The van der Waals surface area contributed by atoms with Crippen molar-refractivity contribution < 1.29 is 84.5 Å². The van der Waals surface area contributed by atoms with Crippen LogP contribution in [0, 0.1) is 0 Å². The Morgan fingerprint density at radius 3 is 1.27 bits per heavy atom. The molecule has 0 saturated carbocycles. The number of hydrogen-bond donors (Lipinski definition) is 1. The van der Waals surface area contributed by atoms with Crippen LogP contribution in [0.4, 0.5) is 74.6 Å². The summed E-state index contributed by atoms with van der Waals surface area (Å²) < 4.78 is 227. The van der Waals surface area contributed by atoms with E-state index < -0.39 is 79.3 Å². The van der Waals surface area contributed by atoms with E-state index in [9.17, 15) is 79.4 Å². The summed E-state index contributed by atoms with van der Waals surface area (Å²) in [5.41, 5.74) is 0. The first kappa shape index (κ1) is 42.3. The van der Waals surface area contributed by atoms with Gasteiger partial charge in [0.15, 0.2) is 0 Å². The van der Waals surface area contributed by atoms with Crippen LogP contribution in [-0.4, -0.2) is 65.1 Å². The highest BCUT2D eigenvalue weighted by Gasteiger charge is 2.91. The Morgan fingerprint density at radius 1 is 0.500 bits per heavy atom. The molecular formula is C25H33F17O2. The van der Waals surface area contributed by atoms with Crippen molar-refractivity contribution >= 4 is 5.97 Å². The normalized spacial score (nSPS) is 15.8. The molecule has 0 spiro atoms. The topological polar surface area (TPSA) is 37.3 Å². The molecule has 0 amide bonds. The predicted octanol–water partition coefficient (Wildman–Crippen LogP) is 11.0. The fraction of sp³-hybridized carbons (Fsp3) is 0.960. The lowest BCUT2D eigenvalue weighted by molar-refractivity contribution is -0.436. The number of carbonyl (C=O) groups is 1. The largest absolute Gasteiger partial charge is 0.481 e. The monoisotopic (exact) mass is 688 g/mol. The van der Waals surface area contributed by atoms with Crippen LogP contribution in [0.5, 0.6) is 0 Å². The molecule has 0 aliphatic carbocycles. The molecule has 0 aromatic carbocycles. The highest BCUT2D eigenvalue weighted by molar-refractivity contribution is 5.66. The van der Waals surface area contributed by atoms with Gasteiger partial charge in [0.2, 0.25) is 0 Å². The van der Waals surface area contributed by atoms with E-state index >= 15 is 0 Å². The summed E-state index contributed by atoms with van der Waals surface area (Å²) in [7, 11) is 0. The molecule has 264 valence electrons. The Balaban J connectivity index is 4.89. The van der Waals surface area contributed by atoms with Crippen molar-refractivity contribution in [3.05, 3.63) is 0 Å². The van der Waals surface area contributed by atoms with Crippen molar-refractivity contribution in [3.63, 3.8) is 0 Å². The molecule has 0 radical (unpaired) electrons. The summed E-state index contributed by atoms with van der Waals surface area (Å²) in [4.78, 5) is 10.4. The average molecular weight is 689 g/mol. The Hall–Kier alpha value is -1.72. The zero-order chi connectivity index (χ0) is 34.8. The minimum Gasteiger partial charge on any atom is -0.481 e. The fourth-order valence-corrected chi connectivity index (χ4v) is 4.10. The van der Waals surface area contributed by atoms with Crippen LogP contribution < -0.4 is 0 Å². The van der Waals surface area contributed by atoms with Gasteiger partial charge in [-0.05, 0) is 25.7 Å². The molecule has 19 heteroatoms. The predicted molar refractivity (Wildman–Crippen MR) is 122 cm³/mol. The second kappa shape index (κ2) is 16.2. The third-order valence-electron chi connectivity index (χ3n) is 6.83. The molecule has 0 aromatic heterocycles. The lowest BCUT2D eigenvalue weighted by atomic mass is 9.88. The van der Waals surface area contributed by atoms with E-state index in [1.54, 1.807) is 0 Å². The summed E-state index contributed by atoms with van der Waals surface area (Å²) in [6.45, 7) is 0. The van der Waals surface area contributed by atoms with Crippen molar-refractivity contribution in [1.29, 1.82) is 0 Å². The Morgan fingerprint density at radius 2 is 0.864 bits per heavy atom. The first-order valence-electron chi connectivity index (χ1n) is 13.5. The Kier molecular flexibility index (Phi) is 15.6. The summed E-state index contributed by atoms with van der Waals surface area (Å²) in [6.07, 6.45) is -13.6. The third-order valence-corrected chi connectivity index (χ3v) is 6.83. The van der Waals surface area contributed by atoms with Crippen LogP contribution in [0.2, 0.25) is 0 Å². The lowest BCUT2D eigenvalue weighted by Crippen LogP contribution is -2.72. The molecule has 1 N–H and O–H groups in total. The summed E-state index contributed by atoms with van der Waals surface area (Å²) in [5, 5.41) is 8.52. The fourth-order valence-electron chi connectivity index (χ4n) is 4.10. The first-order chi connectivity index (χ1) is 19.7. The van der Waals surface area contributed by atoms with Crippen LogP contribution in [0.25, 0.3) is 0 Å². The molecule has 0 saturated heterocycles. The molecule has 2 atom stereocenters. The molecule has 44 heavy (non-hydrogen) atoms. The number of aliphatic carboxylic acids is 1. The Labute approximate surface area is 241 Å². The summed E-state index contributed by atoms with van der Waals surface area (Å²) in [5.74, 6) is -47.4. The molecular weight excluding hydrogens is 655 g/mol. The average Bonchev–Trinajstić information content (AvgIpc) is 2.87. The SMILES string of the molecule is O=C(O)CCCCCCCCCCCCC(F)CCCC(F)(F)C(F)(F)C(F)(F)C(F)(F)C(F)(F)C(F)(F)C(F)C(F)(F)F. The van der Waals surface area contributed by atoms with Crippen LogP contribution in [0.15, 0.2) is 0 Å². The number of rotatable bonds is 23. The van der Waals surface area contributed by atoms with Gasteiger partial charge in [0.25, 0.3) is 6.17 Å². The maximum atomic E-state index is 13.9. The zero-order valence-electron chi connectivity index (χ0n) is 23.0. The van der Waals surface area contributed by atoms with Gasteiger partial charge in [-0.15, -0.1) is 0 Å². The smallest absolute Gasteiger partial charge is 0.425 e. The van der Waals surface area contributed by atoms with Gasteiger partial charge in [-0.2, -0.15) is 65.9 Å². The minimum absolute atomic E-state index is 0.0878. The molecule has 0 bridgehead atoms. The maximum Gasteiger partial charge on any atom is 0.425 e. The van der Waals surface area contributed by atoms with E-state index in [0.717, 1.165) is 38.5 Å². The van der Waals surface area contributed by atoms with Crippen molar-refractivity contribution in [2.45, 2.75) is 150 Å². The first-order valence-corrected chi connectivity index (χ1v) is 13.5. The maximum absolute atomic E-state index is 13.9. The summed E-state index contributed by atoms with van der Waals surface area (Å²) >= 11 is 0. The molecule has 0 rings (SSSR count). The van der Waals surface area contributed by atoms with Crippen LogP contribution in [0.3, 0.4) is 0 Å². The van der Waals surface area contributed by atoms with E-state index in [2.05, 4.69) is 0 Å². The second-order valence-electron chi connectivity index (χ2n) is 10.5. The van der Waals surface area contributed by atoms with Gasteiger partial charge in [0, 0.05) is 12.8 Å². The quantitative estimate of drug-likeness (QED) is 0.0857. The lowest BCUT2D eigenvalue weighted by Gasteiger charge is -2.42. The summed E-state index contributed by atoms with van der Waals surface area (Å²) in [6, 6.07) is 0. The van der Waals surface area contributed by atoms with Gasteiger partial charge in [-0.25, -0.2) is 8.78 Å². The zero-order valence-corrected chi connectivity index (χ0v) is 23.0. The van der Waals surface area contributed by atoms with Gasteiger partial charge in [0.1, 0.15) is 6.17 Å². The highest BCUT2D eigenvalue weighted by Crippen LogP contribution is 2.62. The van der Waals surface area contributed by atoms with Crippen LogP contribution in [0.1, 0.15) is 96.3 Å². The van der Waals surface area contributed by atoms with E-state index in [-0.39, 0.29) is 19.3 Å². The van der Waals surface area contributed by atoms with E-state index in [1.807, 2.05) is 0 Å². The van der Waals surface area contributed by atoms with Crippen LogP contribution >= 0.6 is 0 Å². The minimum atomic E-state index is -8.34. The number of carboxylic acids is 1. The van der Waals surface area contributed by atoms with Gasteiger partial charge in [-0.1, -0.05) is 57.8 Å². The highest BCUT2D eigenvalue weighted by atomic mass is 19.4. The third kappa shape index (κ3) is 10.4. The molecule has 0 fully saturated rings. The number of carboxylic acid groups (broad SMARTS) is 1. The van der Waals surface area contributed by atoms with Crippen LogP contribution in [-0.2, 0) is 4.79 Å². The van der Waals surface area contributed by atoms with Gasteiger partial charge >= 0.3 is 47.7 Å². The second-order valence-corrected chi connectivity index (χ2v) is 10.5. The number of unbranched alkanes of at least 4 members (excludes halogenated alkanes) is 9. The van der Waals surface area contributed by atoms with Crippen molar-refractivity contribution in [2.24, 2.45) is 0 Å². The number of halogens is 17. The van der Waals surface area contributed by atoms with E-state index in [4.69, 9.17) is 5.11 Å². The van der Waals surface area contributed by atoms with Gasteiger partial charge in [-0.3, -0.25) is 4.79 Å². The molecule has 2 unspecified atom stereocenters. The molecule has 0 heterocycles. The van der Waals surface area contributed by atoms with Crippen molar-refractivity contribution in [3.8, 4) is 0 Å². The van der Waals surface area contributed by atoms with Crippen molar-refractivity contribution in [1.82, 2.24) is 0 Å². The molecule has 2 nitrogen and oxygen atoms in total. The van der Waals surface area contributed by atoms with Gasteiger partial charge < -0.3 is 5.11 Å². The standard InChI is InChI=1S/C25H33F17O2/c26-16(12-9-7-5-3-1-2-4-6-8-10-14-17(43)44)13-11-15-19(28,29)22(35,36)24(39,40)25(41,42)23(37,38)20(30,31)18(27)21(32,33)34/h16,18H,1-15H2,(H,43,44). The van der Waals surface area contributed by atoms with Gasteiger partial charge in [0.05, 0.1) is 0 Å². The number of alkyl halides is 17. The molecule has 0 aliphatic rings.